The average molecular weight is 459 g/mol. The van der Waals surface area contributed by atoms with E-state index in [0.29, 0.717) is 12.0 Å². The fourth-order valence-corrected chi connectivity index (χ4v) is 3.89. The van der Waals surface area contributed by atoms with Gasteiger partial charge in [0.1, 0.15) is 28.8 Å². The molecule has 4 rings (SSSR count). The lowest BCUT2D eigenvalue weighted by Gasteiger charge is -2.29. The number of amides is 1. The maximum absolute atomic E-state index is 16.0. The molecule has 1 saturated heterocycles. The Labute approximate surface area is 187 Å². The molecule has 172 valence electrons. The van der Waals surface area contributed by atoms with Crippen LogP contribution in [0.2, 0.25) is 0 Å². The molecule has 2 atom stereocenters. The van der Waals surface area contributed by atoms with Gasteiger partial charge in [-0.25, -0.2) is 18.2 Å². The van der Waals surface area contributed by atoms with Crippen molar-refractivity contribution in [3.05, 3.63) is 65.4 Å². The molecule has 33 heavy (non-hydrogen) atoms. The van der Waals surface area contributed by atoms with Crippen LogP contribution in [0.5, 0.6) is 5.75 Å². The molecule has 1 aromatic carbocycles. The summed E-state index contributed by atoms with van der Waals surface area (Å²) in [5.41, 5.74) is 3.88. The Morgan fingerprint density at radius 1 is 1.21 bits per heavy atom. The number of methoxy groups -OCH3 is 1. The van der Waals surface area contributed by atoms with E-state index in [4.69, 9.17) is 15.2 Å². The summed E-state index contributed by atoms with van der Waals surface area (Å²) in [6.07, 6.45) is 1.71. The summed E-state index contributed by atoms with van der Waals surface area (Å²) >= 11 is 0. The predicted octanol–water partition coefficient (Wildman–Crippen LogP) is 3.55. The molecule has 1 fully saturated rings. The third kappa shape index (κ3) is 4.27. The topological polar surface area (TPSA) is 108 Å². The molecule has 3 N–H and O–H groups in total. The van der Waals surface area contributed by atoms with Gasteiger partial charge < -0.3 is 20.3 Å². The number of carbonyl (C=O) groups excluding carboxylic acids is 1. The highest BCUT2D eigenvalue weighted by Crippen LogP contribution is 2.42. The van der Waals surface area contributed by atoms with E-state index in [1.807, 2.05) is 0 Å². The van der Waals surface area contributed by atoms with Crippen LogP contribution in [0.1, 0.15) is 35.0 Å². The number of nitrogens with zero attached hydrogens (tertiary/aromatic N) is 2. The molecule has 10 heteroatoms. The Hall–Kier alpha value is -3.50. The smallest absolute Gasteiger partial charge is 0.267 e. The minimum absolute atomic E-state index is 0.0209. The number of aliphatic hydroxyl groups is 1. The molecule has 0 bridgehead atoms. The summed E-state index contributed by atoms with van der Waals surface area (Å²) in [5.74, 6) is -4.46. The Morgan fingerprint density at radius 2 is 1.94 bits per heavy atom. The minimum Gasteiger partial charge on any atom is -0.497 e. The number of aliphatic hydroxyl groups excluding tert-OH is 1. The van der Waals surface area contributed by atoms with E-state index in [1.165, 1.54) is 19.5 Å². The largest absolute Gasteiger partial charge is 0.497 e. The second-order valence-corrected chi connectivity index (χ2v) is 7.54. The Kier molecular flexibility index (Phi) is 6.30. The number of nitrogens with two attached hydrogens (primary N) is 1. The van der Waals surface area contributed by atoms with Crippen LogP contribution in [0.3, 0.4) is 0 Å². The first-order chi connectivity index (χ1) is 15.8. The standard InChI is InChI=1S/C23H20F3N3O4/c1-32-13-7-14(24)18(15(25)8-13)21-20(26)19(16-5-4-12(30)10-33-16)17(22(29-21)23(27)31)11-3-2-6-28-9-11/h2-3,6-9,12,16,30H,4-5,10H2,1H3,(H2,27,31). The molecule has 3 heterocycles. The Morgan fingerprint density at radius 3 is 2.48 bits per heavy atom. The monoisotopic (exact) mass is 459 g/mol. The van der Waals surface area contributed by atoms with Crippen LogP contribution in [-0.2, 0) is 4.74 Å². The van der Waals surface area contributed by atoms with Gasteiger partial charge in [-0.2, -0.15) is 0 Å². The molecule has 0 aliphatic carbocycles. The van der Waals surface area contributed by atoms with Crippen LogP contribution in [0.4, 0.5) is 13.2 Å². The van der Waals surface area contributed by atoms with Crippen LogP contribution < -0.4 is 10.5 Å². The zero-order valence-corrected chi connectivity index (χ0v) is 17.5. The third-order valence-corrected chi connectivity index (χ3v) is 5.42. The van der Waals surface area contributed by atoms with E-state index in [9.17, 15) is 18.7 Å². The molecule has 0 spiro atoms. The van der Waals surface area contributed by atoms with Crippen LogP contribution in [0.25, 0.3) is 22.4 Å². The Bertz CT molecular complexity index is 1180. The van der Waals surface area contributed by atoms with Crippen molar-refractivity contribution in [1.29, 1.82) is 0 Å². The van der Waals surface area contributed by atoms with Gasteiger partial charge >= 0.3 is 0 Å². The van der Waals surface area contributed by atoms with Gasteiger partial charge in [0.25, 0.3) is 5.91 Å². The summed E-state index contributed by atoms with van der Waals surface area (Å²) in [6, 6.07) is 4.91. The van der Waals surface area contributed by atoms with E-state index in [-0.39, 0.29) is 29.9 Å². The lowest BCUT2D eigenvalue weighted by Crippen LogP contribution is -2.27. The van der Waals surface area contributed by atoms with Crippen molar-refractivity contribution in [3.63, 3.8) is 0 Å². The van der Waals surface area contributed by atoms with Crippen molar-refractivity contribution in [2.75, 3.05) is 13.7 Å². The molecule has 1 amide bonds. The maximum Gasteiger partial charge on any atom is 0.267 e. The first-order valence-corrected chi connectivity index (χ1v) is 10.1. The van der Waals surface area contributed by atoms with Crippen LogP contribution >= 0.6 is 0 Å². The molecule has 2 aromatic heterocycles. The summed E-state index contributed by atoms with van der Waals surface area (Å²) in [7, 11) is 1.23. The van der Waals surface area contributed by atoms with Crippen LogP contribution in [0.15, 0.2) is 36.7 Å². The zero-order chi connectivity index (χ0) is 23.7. The number of aromatic nitrogens is 2. The molecule has 2 unspecified atom stereocenters. The number of hydrogen-bond donors (Lipinski definition) is 2. The fourth-order valence-electron chi connectivity index (χ4n) is 3.89. The first-order valence-electron chi connectivity index (χ1n) is 10.1. The number of rotatable bonds is 5. The molecule has 0 radical (unpaired) electrons. The van der Waals surface area contributed by atoms with Gasteiger partial charge in [-0.1, -0.05) is 6.07 Å². The van der Waals surface area contributed by atoms with Crippen LogP contribution in [-0.4, -0.2) is 40.8 Å². The van der Waals surface area contributed by atoms with E-state index < -0.39 is 52.5 Å². The van der Waals surface area contributed by atoms with Gasteiger partial charge in [-0.3, -0.25) is 9.78 Å². The van der Waals surface area contributed by atoms with Gasteiger partial charge in [0, 0.05) is 41.2 Å². The summed E-state index contributed by atoms with van der Waals surface area (Å²) in [6.45, 7) is -0.0780. The highest BCUT2D eigenvalue weighted by Gasteiger charge is 2.34. The Balaban J connectivity index is 2.04. The van der Waals surface area contributed by atoms with Gasteiger partial charge in [0.15, 0.2) is 5.82 Å². The fraction of sp³-hybridized carbons (Fsp3) is 0.261. The number of ether oxygens (including phenoxy) is 2. The van der Waals surface area contributed by atoms with Crippen molar-refractivity contribution in [2.24, 2.45) is 5.73 Å². The highest BCUT2D eigenvalue weighted by molar-refractivity contribution is 5.99. The lowest BCUT2D eigenvalue weighted by molar-refractivity contribution is -0.0578. The van der Waals surface area contributed by atoms with E-state index in [2.05, 4.69) is 9.97 Å². The zero-order valence-electron chi connectivity index (χ0n) is 17.5. The molecular weight excluding hydrogens is 439 g/mol. The number of benzene rings is 1. The quantitative estimate of drug-likeness (QED) is 0.604. The van der Waals surface area contributed by atoms with Gasteiger partial charge in [0.2, 0.25) is 0 Å². The van der Waals surface area contributed by atoms with Crippen molar-refractivity contribution in [3.8, 4) is 28.1 Å². The van der Waals surface area contributed by atoms with E-state index in [0.717, 1.165) is 12.1 Å². The summed E-state index contributed by atoms with van der Waals surface area (Å²) < 4.78 is 56.2. The number of hydrogen-bond acceptors (Lipinski definition) is 6. The van der Waals surface area contributed by atoms with Crippen molar-refractivity contribution in [2.45, 2.75) is 25.0 Å². The van der Waals surface area contributed by atoms with Crippen molar-refractivity contribution >= 4 is 5.91 Å². The number of pyridine rings is 2. The molecule has 7 nitrogen and oxygen atoms in total. The van der Waals surface area contributed by atoms with Crippen molar-refractivity contribution < 1.29 is 32.5 Å². The van der Waals surface area contributed by atoms with E-state index in [1.54, 1.807) is 12.1 Å². The summed E-state index contributed by atoms with van der Waals surface area (Å²) in [5, 5.41) is 9.80. The van der Waals surface area contributed by atoms with Gasteiger partial charge in [0.05, 0.1) is 31.5 Å². The normalized spacial score (nSPS) is 18.2. The number of primary amides is 1. The number of halogens is 3. The molecule has 3 aromatic rings. The highest BCUT2D eigenvalue weighted by atomic mass is 19.1. The van der Waals surface area contributed by atoms with Gasteiger partial charge in [-0.05, 0) is 18.9 Å². The molecule has 1 aliphatic heterocycles. The number of carbonyl (C=O) groups is 1. The second-order valence-electron chi connectivity index (χ2n) is 7.54. The maximum atomic E-state index is 16.0. The predicted molar refractivity (Wildman–Crippen MR) is 112 cm³/mol. The molecule has 1 aliphatic rings. The van der Waals surface area contributed by atoms with Gasteiger partial charge in [-0.15, -0.1) is 0 Å². The lowest BCUT2D eigenvalue weighted by atomic mass is 9.89. The van der Waals surface area contributed by atoms with Crippen LogP contribution in [0, 0.1) is 17.5 Å². The first kappa shape index (κ1) is 22.7. The summed E-state index contributed by atoms with van der Waals surface area (Å²) in [4.78, 5) is 20.3. The van der Waals surface area contributed by atoms with E-state index >= 15 is 4.39 Å². The average Bonchev–Trinajstić information content (AvgIpc) is 2.80. The molecular formula is C23H20F3N3O4. The van der Waals surface area contributed by atoms with Crippen molar-refractivity contribution in [1.82, 2.24) is 9.97 Å². The minimum atomic E-state index is -1.13. The molecule has 0 saturated carbocycles. The third-order valence-electron chi connectivity index (χ3n) is 5.42. The second kappa shape index (κ2) is 9.16. The SMILES string of the molecule is COc1cc(F)c(-c2nc(C(N)=O)c(-c3cccnc3)c(C3CCC(O)CO3)c2F)c(F)c1.